The first-order chi connectivity index (χ1) is 10.3. The normalized spacial score (nSPS) is 16.0. The molecule has 6 heteroatoms. The van der Waals surface area contributed by atoms with E-state index in [-0.39, 0.29) is 0 Å². The van der Waals surface area contributed by atoms with Gasteiger partial charge in [-0.05, 0) is 38.1 Å². The average molecular weight is 287 g/mol. The fraction of sp³-hybridized carbons (Fsp3) is 0.533. The van der Waals surface area contributed by atoms with Gasteiger partial charge in [0.05, 0.1) is 31.7 Å². The summed E-state index contributed by atoms with van der Waals surface area (Å²) in [4.78, 5) is 6.83. The molecule has 0 spiro atoms. The van der Waals surface area contributed by atoms with Crippen LogP contribution in [0.15, 0.2) is 24.5 Å². The van der Waals surface area contributed by atoms with E-state index in [4.69, 9.17) is 4.74 Å². The van der Waals surface area contributed by atoms with Crippen LogP contribution in [0.2, 0.25) is 0 Å². The van der Waals surface area contributed by atoms with Gasteiger partial charge in [-0.3, -0.25) is 9.67 Å². The zero-order valence-corrected chi connectivity index (χ0v) is 12.4. The number of hydrogen-bond donors (Lipinski definition) is 0. The third-order valence-corrected chi connectivity index (χ3v) is 3.87. The zero-order valence-electron chi connectivity index (χ0n) is 12.4. The predicted molar refractivity (Wildman–Crippen MR) is 80.1 cm³/mol. The zero-order chi connectivity index (χ0) is 14.5. The minimum Gasteiger partial charge on any atom is -0.495 e. The van der Waals surface area contributed by atoms with Gasteiger partial charge in [-0.15, -0.1) is 5.10 Å². The van der Waals surface area contributed by atoms with Gasteiger partial charge >= 0.3 is 0 Å². The Labute approximate surface area is 124 Å². The maximum Gasteiger partial charge on any atom is 0.137 e. The van der Waals surface area contributed by atoms with Gasteiger partial charge < -0.3 is 9.64 Å². The number of rotatable bonds is 5. The van der Waals surface area contributed by atoms with E-state index >= 15 is 0 Å². The Balaban J connectivity index is 1.59. The summed E-state index contributed by atoms with van der Waals surface area (Å²) in [6, 6.07) is 3.78. The van der Waals surface area contributed by atoms with Crippen molar-refractivity contribution < 1.29 is 4.74 Å². The van der Waals surface area contributed by atoms with Crippen molar-refractivity contribution in [2.45, 2.75) is 25.8 Å². The number of likely N-dealkylation sites (tertiary alicyclic amines) is 1. The van der Waals surface area contributed by atoms with Crippen LogP contribution in [0.1, 0.15) is 19.3 Å². The fourth-order valence-electron chi connectivity index (χ4n) is 2.60. The van der Waals surface area contributed by atoms with Gasteiger partial charge in [0.2, 0.25) is 0 Å². The van der Waals surface area contributed by atoms with E-state index in [1.807, 2.05) is 23.0 Å². The highest BCUT2D eigenvalue weighted by atomic mass is 16.5. The van der Waals surface area contributed by atoms with E-state index in [2.05, 4.69) is 20.2 Å². The van der Waals surface area contributed by atoms with Gasteiger partial charge in [-0.1, -0.05) is 11.6 Å². The number of nitrogens with zero attached hydrogens (tertiary/aromatic N) is 5. The summed E-state index contributed by atoms with van der Waals surface area (Å²) in [6.45, 7) is 4.34. The van der Waals surface area contributed by atoms with Gasteiger partial charge in [0.25, 0.3) is 0 Å². The number of pyridine rings is 1. The van der Waals surface area contributed by atoms with Crippen molar-refractivity contribution in [3.05, 3.63) is 24.5 Å². The first-order valence-electron chi connectivity index (χ1n) is 7.48. The lowest BCUT2D eigenvalue weighted by Gasteiger charge is -2.25. The maximum absolute atomic E-state index is 5.11. The van der Waals surface area contributed by atoms with Crippen molar-refractivity contribution >= 4 is 0 Å². The van der Waals surface area contributed by atoms with E-state index in [9.17, 15) is 0 Å². The Morgan fingerprint density at radius 2 is 1.95 bits per heavy atom. The van der Waals surface area contributed by atoms with E-state index in [0.29, 0.717) is 0 Å². The molecular weight excluding hydrogens is 266 g/mol. The van der Waals surface area contributed by atoms with Gasteiger partial charge in [-0.2, -0.15) is 0 Å². The summed E-state index contributed by atoms with van der Waals surface area (Å²) >= 11 is 0. The van der Waals surface area contributed by atoms with Crippen molar-refractivity contribution in [1.29, 1.82) is 0 Å². The van der Waals surface area contributed by atoms with Gasteiger partial charge in [-0.25, -0.2) is 0 Å². The molecule has 0 aromatic carbocycles. The van der Waals surface area contributed by atoms with E-state index < -0.39 is 0 Å². The number of aromatic nitrogens is 4. The van der Waals surface area contributed by atoms with Crippen LogP contribution in [0.4, 0.5) is 0 Å². The highest BCUT2D eigenvalue weighted by molar-refractivity contribution is 5.52. The molecule has 0 aliphatic carbocycles. The Kier molecular flexibility index (Phi) is 4.45. The van der Waals surface area contributed by atoms with Crippen LogP contribution in [0, 0.1) is 0 Å². The van der Waals surface area contributed by atoms with Crippen LogP contribution < -0.4 is 4.74 Å². The maximum atomic E-state index is 5.11. The molecule has 2 aromatic rings. The second kappa shape index (κ2) is 6.67. The molecule has 6 nitrogen and oxygen atoms in total. The summed E-state index contributed by atoms with van der Waals surface area (Å²) in [7, 11) is 1.63. The van der Waals surface area contributed by atoms with Crippen LogP contribution in [0.5, 0.6) is 5.75 Å². The summed E-state index contributed by atoms with van der Waals surface area (Å²) in [6.07, 6.45) is 7.66. The standard InChI is InChI=1S/C15H21N5O/c1-21-13-5-6-14(16-11-13)15-12-20(18-17-15)10-9-19-7-3-2-4-8-19/h5-6,11-12H,2-4,7-10H2,1H3. The minimum atomic E-state index is 0.747. The van der Waals surface area contributed by atoms with Crippen LogP contribution in [-0.4, -0.2) is 51.6 Å². The van der Waals surface area contributed by atoms with Gasteiger partial charge in [0.15, 0.2) is 0 Å². The topological polar surface area (TPSA) is 56.1 Å². The molecular formula is C15H21N5O. The molecule has 0 unspecified atom stereocenters. The number of piperidine rings is 1. The highest BCUT2D eigenvalue weighted by Gasteiger charge is 2.11. The summed E-state index contributed by atoms with van der Waals surface area (Å²) < 4.78 is 7.01. The Hall–Kier alpha value is -1.95. The second-order valence-corrected chi connectivity index (χ2v) is 5.35. The summed E-state index contributed by atoms with van der Waals surface area (Å²) in [5, 5.41) is 8.39. The molecule has 0 radical (unpaired) electrons. The molecule has 2 aromatic heterocycles. The SMILES string of the molecule is COc1ccc(-c2cn(CCN3CCCCC3)nn2)nc1. The van der Waals surface area contributed by atoms with Crippen molar-refractivity contribution in [3.8, 4) is 17.1 Å². The third-order valence-electron chi connectivity index (χ3n) is 3.87. The molecule has 1 aliphatic heterocycles. The third kappa shape index (κ3) is 3.58. The van der Waals surface area contributed by atoms with E-state index in [0.717, 1.165) is 30.2 Å². The lowest BCUT2D eigenvalue weighted by atomic mass is 10.1. The summed E-state index contributed by atoms with van der Waals surface area (Å²) in [5.74, 6) is 0.747. The minimum absolute atomic E-state index is 0.747. The van der Waals surface area contributed by atoms with Crippen LogP contribution in [0.25, 0.3) is 11.4 Å². The Morgan fingerprint density at radius 3 is 2.67 bits per heavy atom. The molecule has 112 valence electrons. The van der Waals surface area contributed by atoms with Gasteiger partial charge in [0.1, 0.15) is 11.4 Å². The Morgan fingerprint density at radius 1 is 1.10 bits per heavy atom. The molecule has 0 N–H and O–H groups in total. The van der Waals surface area contributed by atoms with Crippen molar-refractivity contribution in [1.82, 2.24) is 24.9 Å². The largest absolute Gasteiger partial charge is 0.495 e. The van der Waals surface area contributed by atoms with Crippen molar-refractivity contribution in [2.75, 3.05) is 26.7 Å². The van der Waals surface area contributed by atoms with Gasteiger partial charge in [0, 0.05) is 6.54 Å². The average Bonchev–Trinajstić information content (AvgIpc) is 3.03. The Bertz CT molecular complexity index is 560. The quantitative estimate of drug-likeness (QED) is 0.840. The van der Waals surface area contributed by atoms with Crippen LogP contribution >= 0.6 is 0 Å². The lowest BCUT2D eigenvalue weighted by molar-refractivity contribution is 0.217. The molecule has 0 saturated carbocycles. The van der Waals surface area contributed by atoms with Crippen LogP contribution in [-0.2, 0) is 6.54 Å². The molecule has 1 aliphatic rings. The van der Waals surface area contributed by atoms with Crippen molar-refractivity contribution in [2.24, 2.45) is 0 Å². The van der Waals surface area contributed by atoms with Crippen molar-refractivity contribution in [3.63, 3.8) is 0 Å². The van der Waals surface area contributed by atoms with E-state index in [1.54, 1.807) is 13.3 Å². The highest BCUT2D eigenvalue weighted by Crippen LogP contribution is 2.16. The monoisotopic (exact) mass is 287 g/mol. The van der Waals surface area contributed by atoms with Crippen LogP contribution in [0.3, 0.4) is 0 Å². The number of ether oxygens (including phenoxy) is 1. The molecule has 1 saturated heterocycles. The smallest absolute Gasteiger partial charge is 0.137 e. The molecule has 0 amide bonds. The fourth-order valence-corrected chi connectivity index (χ4v) is 2.60. The number of methoxy groups -OCH3 is 1. The molecule has 21 heavy (non-hydrogen) atoms. The lowest BCUT2D eigenvalue weighted by Crippen LogP contribution is -2.32. The number of hydrogen-bond acceptors (Lipinski definition) is 5. The predicted octanol–water partition coefficient (Wildman–Crippen LogP) is 1.83. The first-order valence-corrected chi connectivity index (χ1v) is 7.48. The van der Waals surface area contributed by atoms with E-state index in [1.165, 1.54) is 32.4 Å². The molecule has 0 atom stereocenters. The first kappa shape index (κ1) is 14.0. The molecule has 1 fully saturated rings. The second-order valence-electron chi connectivity index (χ2n) is 5.35. The molecule has 0 bridgehead atoms. The molecule has 3 rings (SSSR count). The molecule has 3 heterocycles. The summed E-state index contributed by atoms with van der Waals surface area (Å²) in [5.41, 5.74) is 1.62.